The molecule has 0 saturated carbocycles. The van der Waals surface area contributed by atoms with Crippen molar-refractivity contribution in [1.29, 1.82) is 5.41 Å². The summed E-state index contributed by atoms with van der Waals surface area (Å²) in [6.45, 7) is 1.08. The highest BCUT2D eigenvalue weighted by Gasteiger charge is 1.99. The zero-order chi connectivity index (χ0) is 14.1. The molecule has 0 fully saturated rings. The van der Waals surface area contributed by atoms with Crippen molar-refractivity contribution in [1.82, 2.24) is 5.43 Å². The van der Waals surface area contributed by atoms with Gasteiger partial charge in [-0.2, -0.15) is 5.10 Å². The molecule has 1 rings (SSSR count). The molecule has 1 aromatic carbocycles. The molecule has 0 spiro atoms. The molecule has 8 heteroatoms. The molecular weight excluding hydrogens is 246 g/mol. The fourth-order valence-corrected chi connectivity index (χ4v) is 0.769. The van der Waals surface area contributed by atoms with E-state index in [1.54, 1.807) is 0 Å². The number of aliphatic carboxylic acids is 1. The van der Waals surface area contributed by atoms with Gasteiger partial charge in [0.1, 0.15) is 0 Å². The maximum atomic E-state index is 12.6. The average Bonchev–Trinajstić information content (AvgIpc) is 2.22. The zero-order valence-electron chi connectivity index (χ0n) is 9.45. The van der Waals surface area contributed by atoms with Crippen molar-refractivity contribution in [2.45, 2.75) is 6.92 Å². The van der Waals surface area contributed by atoms with E-state index in [4.69, 9.17) is 21.0 Å². The second-order valence-electron chi connectivity index (χ2n) is 2.98. The van der Waals surface area contributed by atoms with Crippen molar-refractivity contribution < 1.29 is 18.7 Å². The summed E-state index contributed by atoms with van der Waals surface area (Å²) in [7, 11) is 0. The quantitative estimate of drug-likeness (QED) is 0.358. The molecule has 0 unspecified atom stereocenters. The van der Waals surface area contributed by atoms with Gasteiger partial charge < -0.3 is 10.8 Å². The molecular formula is C10H12F2N4O2. The SMILES string of the molecule is CC(=O)O.N=C(N)N/N=C/c1ccc(F)c(F)c1. The molecule has 0 atom stereocenters. The van der Waals surface area contributed by atoms with Crippen molar-refractivity contribution >= 4 is 18.1 Å². The number of carbonyl (C=O) groups is 1. The van der Waals surface area contributed by atoms with Gasteiger partial charge in [0.25, 0.3) is 5.97 Å². The Kier molecular flexibility index (Phi) is 6.64. The van der Waals surface area contributed by atoms with Crippen molar-refractivity contribution in [2.75, 3.05) is 0 Å². The molecule has 0 bridgehead atoms. The van der Waals surface area contributed by atoms with Crippen LogP contribution < -0.4 is 11.2 Å². The Morgan fingerprint density at radius 2 is 2.06 bits per heavy atom. The number of carboxylic acid groups (broad SMARTS) is 1. The van der Waals surface area contributed by atoms with Gasteiger partial charge in [-0.25, -0.2) is 14.2 Å². The Balaban J connectivity index is 0.000000631. The second kappa shape index (κ2) is 7.71. The third-order valence-corrected chi connectivity index (χ3v) is 1.34. The summed E-state index contributed by atoms with van der Waals surface area (Å²) < 4.78 is 25.1. The van der Waals surface area contributed by atoms with Gasteiger partial charge in [0.2, 0.25) is 5.96 Å². The lowest BCUT2D eigenvalue weighted by Gasteiger charge is -1.96. The number of hydrazone groups is 1. The molecule has 5 N–H and O–H groups in total. The molecule has 0 amide bonds. The van der Waals surface area contributed by atoms with Crippen LogP contribution in [-0.4, -0.2) is 23.2 Å². The van der Waals surface area contributed by atoms with Gasteiger partial charge >= 0.3 is 0 Å². The summed E-state index contributed by atoms with van der Waals surface area (Å²) in [6, 6.07) is 3.33. The van der Waals surface area contributed by atoms with E-state index in [2.05, 4.69) is 10.5 Å². The van der Waals surface area contributed by atoms with Crippen LogP contribution in [0, 0.1) is 17.0 Å². The number of benzene rings is 1. The maximum absolute atomic E-state index is 12.6. The smallest absolute Gasteiger partial charge is 0.300 e. The van der Waals surface area contributed by atoms with Crippen LogP contribution in [0.3, 0.4) is 0 Å². The van der Waals surface area contributed by atoms with Gasteiger partial charge in [0, 0.05) is 6.92 Å². The van der Waals surface area contributed by atoms with E-state index < -0.39 is 17.6 Å². The first-order chi connectivity index (χ1) is 8.32. The minimum Gasteiger partial charge on any atom is -0.481 e. The number of rotatable bonds is 2. The van der Waals surface area contributed by atoms with Crippen LogP contribution in [-0.2, 0) is 4.79 Å². The molecule has 0 aliphatic rings. The van der Waals surface area contributed by atoms with Gasteiger partial charge in [-0.1, -0.05) is 6.07 Å². The van der Waals surface area contributed by atoms with Gasteiger partial charge in [-0.3, -0.25) is 10.2 Å². The monoisotopic (exact) mass is 258 g/mol. The third-order valence-electron chi connectivity index (χ3n) is 1.34. The molecule has 0 aliphatic heterocycles. The van der Waals surface area contributed by atoms with E-state index in [1.807, 2.05) is 0 Å². The maximum Gasteiger partial charge on any atom is 0.300 e. The fourth-order valence-electron chi connectivity index (χ4n) is 0.769. The highest BCUT2D eigenvalue weighted by atomic mass is 19.2. The van der Waals surface area contributed by atoms with E-state index in [1.165, 1.54) is 12.3 Å². The van der Waals surface area contributed by atoms with E-state index in [0.717, 1.165) is 19.1 Å². The first-order valence-electron chi connectivity index (χ1n) is 4.60. The summed E-state index contributed by atoms with van der Waals surface area (Å²) in [5, 5.41) is 17.7. The lowest BCUT2D eigenvalue weighted by molar-refractivity contribution is -0.134. The molecule has 1 aromatic rings. The van der Waals surface area contributed by atoms with Crippen LogP contribution in [0.1, 0.15) is 12.5 Å². The van der Waals surface area contributed by atoms with Crippen LogP contribution >= 0.6 is 0 Å². The largest absolute Gasteiger partial charge is 0.481 e. The van der Waals surface area contributed by atoms with E-state index in [0.29, 0.717) is 5.56 Å². The van der Waals surface area contributed by atoms with Crippen molar-refractivity contribution in [3.63, 3.8) is 0 Å². The summed E-state index contributed by atoms with van der Waals surface area (Å²) in [6.07, 6.45) is 1.23. The van der Waals surface area contributed by atoms with Crippen molar-refractivity contribution in [2.24, 2.45) is 10.8 Å². The molecule has 0 saturated heterocycles. The number of carboxylic acids is 1. The van der Waals surface area contributed by atoms with Crippen LogP contribution in [0.5, 0.6) is 0 Å². The lowest BCUT2D eigenvalue weighted by Crippen LogP contribution is -2.25. The second-order valence-corrected chi connectivity index (χ2v) is 2.98. The Morgan fingerprint density at radius 1 is 1.50 bits per heavy atom. The first kappa shape index (κ1) is 15.5. The van der Waals surface area contributed by atoms with Gasteiger partial charge in [0.15, 0.2) is 11.6 Å². The molecule has 18 heavy (non-hydrogen) atoms. The highest BCUT2D eigenvalue weighted by molar-refractivity contribution is 5.81. The zero-order valence-corrected chi connectivity index (χ0v) is 9.45. The third kappa shape index (κ3) is 7.74. The van der Waals surface area contributed by atoms with Crippen molar-refractivity contribution in [3.05, 3.63) is 35.4 Å². The molecule has 0 aromatic heterocycles. The van der Waals surface area contributed by atoms with E-state index in [9.17, 15) is 8.78 Å². The highest BCUT2D eigenvalue weighted by Crippen LogP contribution is 2.06. The van der Waals surface area contributed by atoms with E-state index >= 15 is 0 Å². The molecule has 98 valence electrons. The minimum atomic E-state index is -0.947. The number of nitrogens with one attached hydrogen (secondary N) is 2. The van der Waals surface area contributed by atoms with Crippen LogP contribution in [0.15, 0.2) is 23.3 Å². The number of guanidine groups is 1. The van der Waals surface area contributed by atoms with Crippen molar-refractivity contribution in [3.8, 4) is 0 Å². The fraction of sp³-hybridized carbons (Fsp3) is 0.100. The standard InChI is InChI=1S/C8H8F2N4.C2H4O2/c9-6-2-1-5(3-7(6)10)4-13-14-8(11)12;1-2(3)4/h1-4H,(H4,11,12,14);1H3,(H,3,4)/b13-4+;. The molecule has 0 radical (unpaired) electrons. The minimum absolute atomic E-state index is 0.330. The average molecular weight is 258 g/mol. The summed E-state index contributed by atoms with van der Waals surface area (Å²) in [5.74, 6) is -3.03. The summed E-state index contributed by atoms with van der Waals surface area (Å²) >= 11 is 0. The van der Waals surface area contributed by atoms with Gasteiger partial charge in [-0.05, 0) is 17.7 Å². The number of nitrogens with two attached hydrogens (primary N) is 1. The number of hydrogen-bond acceptors (Lipinski definition) is 3. The van der Waals surface area contributed by atoms with E-state index in [-0.39, 0.29) is 5.96 Å². The topological polar surface area (TPSA) is 112 Å². The predicted octanol–water partition coefficient (Wildman–Crippen LogP) is 0.873. The number of hydrogen-bond donors (Lipinski definition) is 4. The lowest BCUT2D eigenvalue weighted by atomic mass is 10.2. The van der Waals surface area contributed by atoms with Crippen LogP contribution in [0.2, 0.25) is 0 Å². The normalized spacial score (nSPS) is 9.50. The van der Waals surface area contributed by atoms with Crippen LogP contribution in [0.25, 0.3) is 0 Å². The molecule has 6 nitrogen and oxygen atoms in total. The number of nitrogens with zero attached hydrogens (tertiary/aromatic N) is 1. The van der Waals surface area contributed by atoms with Crippen LogP contribution in [0.4, 0.5) is 8.78 Å². The molecule has 0 aliphatic carbocycles. The Labute approximate surface area is 102 Å². The Bertz CT molecular complexity index is 459. The van der Waals surface area contributed by atoms with Gasteiger partial charge in [-0.15, -0.1) is 0 Å². The summed E-state index contributed by atoms with van der Waals surface area (Å²) in [4.78, 5) is 9.00. The molecule has 0 heterocycles. The predicted molar refractivity (Wildman–Crippen MR) is 62.3 cm³/mol. The van der Waals surface area contributed by atoms with Gasteiger partial charge in [0.05, 0.1) is 6.21 Å². The number of halogens is 2. The first-order valence-corrected chi connectivity index (χ1v) is 4.60. The summed E-state index contributed by atoms with van der Waals surface area (Å²) in [5.41, 5.74) is 7.45. The Hall–Kier alpha value is -2.51. The Morgan fingerprint density at radius 3 is 2.50 bits per heavy atom.